The van der Waals surface area contributed by atoms with Crippen molar-refractivity contribution >= 4 is 0 Å². The maximum Gasteiger partial charge on any atom is 0.0900 e. The Balaban J connectivity index is 4.68. The maximum absolute atomic E-state index is 5.33. The topological polar surface area (TPSA) is 50.7 Å². The fourth-order valence-electron chi connectivity index (χ4n) is 0.643. The van der Waals surface area contributed by atoms with E-state index in [9.17, 15) is 0 Å². The molecule has 0 rings (SSSR count). The van der Waals surface area contributed by atoms with E-state index in [-0.39, 0.29) is 0 Å². The third-order valence-electron chi connectivity index (χ3n) is 1.22. The standard InChI is InChI=1S/C9H13N3/c1-4-8(7-10)9(5-2)12-11-6-3/h4-7H,1,3,10H2,2H3. The smallest absolute Gasteiger partial charge is 0.0900 e. The fraction of sp³-hybridized carbons (Fsp3) is 0.111. The molecule has 0 aromatic carbocycles. The van der Waals surface area contributed by atoms with Crippen LogP contribution in [0.15, 0.2) is 59.2 Å². The van der Waals surface area contributed by atoms with Crippen molar-refractivity contribution in [1.29, 1.82) is 0 Å². The van der Waals surface area contributed by atoms with Crippen LogP contribution < -0.4 is 5.73 Å². The van der Waals surface area contributed by atoms with Gasteiger partial charge in [0.25, 0.3) is 0 Å². The second-order valence-electron chi connectivity index (χ2n) is 1.90. The lowest BCUT2D eigenvalue weighted by molar-refractivity contribution is 1.14. The third-order valence-corrected chi connectivity index (χ3v) is 1.22. The van der Waals surface area contributed by atoms with E-state index in [2.05, 4.69) is 23.4 Å². The van der Waals surface area contributed by atoms with Crippen LogP contribution in [0.25, 0.3) is 0 Å². The van der Waals surface area contributed by atoms with Crippen molar-refractivity contribution in [2.75, 3.05) is 0 Å². The van der Waals surface area contributed by atoms with E-state index in [4.69, 9.17) is 5.73 Å². The van der Waals surface area contributed by atoms with Gasteiger partial charge in [0.05, 0.1) is 5.70 Å². The normalized spacial score (nSPS) is 13.4. The fourth-order valence-corrected chi connectivity index (χ4v) is 0.643. The van der Waals surface area contributed by atoms with Crippen LogP contribution in [-0.2, 0) is 0 Å². The van der Waals surface area contributed by atoms with Gasteiger partial charge in [-0.3, -0.25) is 0 Å². The Kier molecular flexibility index (Phi) is 5.26. The Morgan fingerprint density at radius 3 is 2.42 bits per heavy atom. The molecule has 0 unspecified atom stereocenters. The molecule has 0 saturated carbocycles. The summed E-state index contributed by atoms with van der Waals surface area (Å²) in [6.45, 7) is 8.86. The summed E-state index contributed by atoms with van der Waals surface area (Å²) >= 11 is 0. The molecule has 0 aliphatic heterocycles. The number of nitrogens with zero attached hydrogens (tertiary/aromatic N) is 2. The Bertz CT molecular complexity index is 246. The summed E-state index contributed by atoms with van der Waals surface area (Å²) in [5.74, 6) is 0. The molecule has 0 fully saturated rings. The van der Waals surface area contributed by atoms with Gasteiger partial charge < -0.3 is 5.73 Å². The number of allylic oxidation sites excluding steroid dienone is 2. The SMILES string of the molecule is C=CN=NC(=CC)C(C=C)=CN. The first-order chi connectivity index (χ1) is 5.79. The number of rotatable bonds is 4. The van der Waals surface area contributed by atoms with Crippen molar-refractivity contribution < 1.29 is 0 Å². The average molecular weight is 163 g/mol. The van der Waals surface area contributed by atoms with Gasteiger partial charge in [-0.25, -0.2) is 0 Å². The van der Waals surface area contributed by atoms with Crippen molar-refractivity contribution in [1.82, 2.24) is 0 Å². The largest absolute Gasteiger partial charge is 0.404 e. The van der Waals surface area contributed by atoms with Crippen LogP contribution in [0, 0.1) is 0 Å². The molecule has 0 bridgehead atoms. The van der Waals surface area contributed by atoms with Crippen LogP contribution in [0.5, 0.6) is 0 Å². The summed E-state index contributed by atoms with van der Waals surface area (Å²) in [7, 11) is 0. The Morgan fingerprint density at radius 2 is 2.08 bits per heavy atom. The lowest BCUT2D eigenvalue weighted by atomic mass is 10.2. The summed E-state index contributed by atoms with van der Waals surface area (Å²) < 4.78 is 0. The van der Waals surface area contributed by atoms with E-state index in [1.165, 1.54) is 12.4 Å². The van der Waals surface area contributed by atoms with Crippen LogP contribution in [0.4, 0.5) is 0 Å². The number of hydrogen-bond donors (Lipinski definition) is 1. The van der Waals surface area contributed by atoms with E-state index >= 15 is 0 Å². The molecular weight excluding hydrogens is 150 g/mol. The van der Waals surface area contributed by atoms with Crippen molar-refractivity contribution in [3.63, 3.8) is 0 Å². The highest BCUT2D eigenvalue weighted by Crippen LogP contribution is 2.11. The molecule has 0 spiro atoms. The predicted molar refractivity (Wildman–Crippen MR) is 51.3 cm³/mol. The lowest BCUT2D eigenvalue weighted by Gasteiger charge is -1.97. The van der Waals surface area contributed by atoms with Crippen molar-refractivity contribution in [2.24, 2.45) is 16.0 Å². The molecule has 0 radical (unpaired) electrons. The second kappa shape index (κ2) is 6.09. The van der Waals surface area contributed by atoms with Crippen LogP contribution in [-0.4, -0.2) is 0 Å². The van der Waals surface area contributed by atoms with Crippen molar-refractivity contribution in [3.8, 4) is 0 Å². The number of nitrogens with two attached hydrogens (primary N) is 1. The molecule has 0 atom stereocenters. The van der Waals surface area contributed by atoms with Gasteiger partial charge in [0.2, 0.25) is 0 Å². The van der Waals surface area contributed by atoms with Gasteiger partial charge in [-0.2, -0.15) is 10.2 Å². The molecule has 3 nitrogen and oxygen atoms in total. The molecule has 12 heavy (non-hydrogen) atoms. The Labute approximate surface area is 72.7 Å². The van der Waals surface area contributed by atoms with Crippen LogP contribution in [0.1, 0.15) is 6.92 Å². The van der Waals surface area contributed by atoms with Crippen molar-refractivity contribution in [3.05, 3.63) is 49.0 Å². The summed E-state index contributed by atoms with van der Waals surface area (Å²) in [5, 5.41) is 7.49. The summed E-state index contributed by atoms with van der Waals surface area (Å²) in [6.07, 6.45) is 6.22. The molecule has 0 saturated heterocycles. The molecule has 0 aliphatic rings. The molecule has 0 aliphatic carbocycles. The molecule has 0 aromatic heterocycles. The minimum atomic E-state index is 0.687. The quantitative estimate of drug-likeness (QED) is 0.502. The minimum absolute atomic E-state index is 0.687. The van der Waals surface area contributed by atoms with E-state index in [1.807, 2.05) is 6.92 Å². The first-order valence-corrected chi connectivity index (χ1v) is 3.53. The first kappa shape index (κ1) is 10.4. The first-order valence-electron chi connectivity index (χ1n) is 3.53. The zero-order chi connectivity index (χ0) is 9.40. The summed E-state index contributed by atoms with van der Waals surface area (Å²) in [6, 6.07) is 0. The van der Waals surface area contributed by atoms with Crippen LogP contribution in [0.3, 0.4) is 0 Å². The van der Waals surface area contributed by atoms with Crippen LogP contribution in [0.2, 0.25) is 0 Å². The molecule has 3 heteroatoms. The van der Waals surface area contributed by atoms with Gasteiger partial charge in [0.15, 0.2) is 0 Å². The molecule has 0 aromatic rings. The molecule has 2 N–H and O–H groups in total. The van der Waals surface area contributed by atoms with Gasteiger partial charge in [-0.05, 0) is 6.92 Å². The zero-order valence-corrected chi connectivity index (χ0v) is 7.20. The average Bonchev–Trinajstić information content (AvgIpc) is 2.12. The highest BCUT2D eigenvalue weighted by molar-refractivity contribution is 5.36. The van der Waals surface area contributed by atoms with Crippen LogP contribution >= 0.6 is 0 Å². The van der Waals surface area contributed by atoms with E-state index < -0.39 is 0 Å². The van der Waals surface area contributed by atoms with Gasteiger partial charge in [0.1, 0.15) is 0 Å². The summed E-state index contributed by atoms with van der Waals surface area (Å²) in [5.41, 5.74) is 6.77. The number of hydrogen-bond acceptors (Lipinski definition) is 3. The van der Waals surface area contributed by atoms with Gasteiger partial charge >= 0.3 is 0 Å². The highest BCUT2D eigenvalue weighted by atomic mass is 15.1. The second-order valence-corrected chi connectivity index (χ2v) is 1.90. The molecule has 0 amide bonds. The number of azo groups is 1. The zero-order valence-electron chi connectivity index (χ0n) is 7.20. The van der Waals surface area contributed by atoms with Gasteiger partial charge in [-0.1, -0.05) is 25.3 Å². The predicted octanol–water partition coefficient (Wildman–Crippen LogP) is 2.51. The maximum atomic E-state index is 5.33. The molecule has 64 valence electrons. The van der Waals surface area contributed by atoms with Gasteiger partial charge in [-0.15, -0.1) is 0 Å². The Hall–Kier alpha value is -1.64. The summed E-state index contributed by atoms with van der Waals surface area (Å²) in [4.78, 5) is 0. The van der Waals surface area contributed by atoms with E-state index in [1.54, 1.807) is 12.2 Å². The minimum Gasteiger partial charge on any atom is -0.404 e. The highest BCUT2D eigenvalue weighted by Gasteiger charge is 1.96. The lowest BCUT2D eigenvalue weighted by Crippen LogP contribution is -1.87. The molecule has 0 heterocycles. The van der Waals surface area contributed by atoms with E-state index in [0.717, 1.165) is 5.57 Å². The third kappa shape index (κ3) is 2.96. The van der Waals surface area contributed by atoms with Crippen molar-refractivity contribution in [2.45, 2.75) is 6.92 Å². The Morgan fingerprint density at radius 1 is 1.42 bits per heavy atom. The van der Waals surface area contributed by atoms with E-state index in [0.29, 0.717) is 5.70 Å². The molecular formula is C9H13N3. The monoisotopic (exact) mass is 163 g/mol. The van der Waals surface area contributed by atoms with Gasteiger partial charge in [0, 0.05) is 18.0 Å².